The number of allylic oxidation sites excluding steroid dienone is 1. The van der Waals surface area contributed by atoms with Gasteiger partial charge in [0, 0.05) is 5.56 Å². The number of carbonyl (C=O) groups excluding carboxylic acids is 1. The molecule has 0 radical (unpaired) electrons. The van der Waals surface area contributed by atoms with Gasteiger partial charge in [0.25, 0.3) is 0 Å². The lowest BCUT2D eigenvalue weighted by Crippen LogP contribution is -2.00. The molecule has 23 heavy (non-hydrogen) atoms. The Morgan fingerprint density at radius 2 is 1.65 bits per heavy atom. The second-order valence-electron chi connectivity index (χ2n) is 4.67. The van der Waals surface area contributed by atoms with E-state index < -0.39 is 0 Å². The van der Waals surface area contributed by atoms with Crippen molar-refractivity contribution in [2.24, 2.45) is 0 Å². The van der Waals surface area contributed by atoms with Crippen molar-refractivity contribution in [1.82, 2.24) is 0 Å². The third-order valence-corrected chi connectivity index (χ3v) is 3.23. The predicted molar refractivity (Wildman–Crippen MR) is 85.9 cm³/mol. The van der Waals surface area contributed by atoms with Crippen molar-refractivity contribution >= 4 is 11.9 Å². The molecule has 0 aliphatic rings. The summed E-state index contributed by atoms with van der Waals surface area (Å²) >= 11 is 0. The van der Waals surface area contributed by atoms with Gasteiger partial charge in [0.15, 0.2) is 17.3 Å². The van der Waals surface area contributed by atoms with Crippen LogP contribution >= 0.6 is 0 Å². The summed E-state index contributed by atoms with van der Waals surface area (Å²) in [5.74, 6) is 0.602. The van der Waals surface area contributed by atoms with Crippen LogP contribution in [0, 0.1) is 5.82 Å². The van der Waals surface area contributed by atoms with E-state index in [4.69, 9.17) is 14.2 Å². The first-order valence-corrected chi connectivity index (χ1v) is 6.87. The minimum Gasteiger partial charge on any atom is -0.493 e. The smallest absolute Gasteiger partial charge is 0.203 e. The van der Waals surface area contributed by atoms with Crippen LogP contribution in [0.1, 0.15) is 15.9 Å². The van der Waals surface area contributed by atoms with Crippen molar-refractivity contribution in [2.75, 3.05) is 21.3 Å². The molecule has 0 N–H and O–H groups in total. The lowest BCUT2D eigenvalue weighted by Gasteiger charge is -2.13. The summed E-state index contributed by atoms with van der Waals surface area (Å²) in [6.45, 7) is 0. The number of hydrogen-bond acceptors (Lipinski definition) is 4. The fraction of sp³-hybridized carbons (Fsp3) is 0.167. The maximum atomic E-state index is 13.1. The molecular formula is C18H17FO4. The number of carbonyl (C=O) groups is 1. The average Bonchev–Trinajstić information content (AvgIpc) is 2.58. The Labute approximate surface area is 134 Å². The summed E-state index contributed by atoms with van der Waals surface area (Å²) in [5, 5.41) is 0. The van der Waals surface area contributed by atoms with Crippen LogP contribution in [0.5, 0.6) is 17.2 Å². The molecule has 0 aliphatic carbocycles. The first kappa shape index (κ1) is 16.5. The highest BCUT2D eigenvalue weighted by Gasteiger charge is 2.15. The summed E-state index contributed by atoms with van der Waals surface area (Å²) in [7, 11) is 4.45. The number of halogens is 1. The monoisotopic (exact) mass is 316 g/mol. The van der Waals surface area contributed by atoms with Crippen LogP contribution in [-0.2, 0) is 0 Å². The number of benzene rings is 2. The van der Waals surface area contributed by atoms with Crippen LogP contribution in [0.15, 0.2) is 42.5 Å². The maximum Gasteiger partial charge on any atom is 0.203 e. The van der Waals surface area contributed by atoms with Gasteiger partial charge in [0.2, 0.25) is 5.75 Å². The van der Waals surface area contributed by atoms with Crippen molar-refractivity contribution in [3.8, 4) is 17.2 Å². The molecule has 0 fully saturated rings. The molecule has 0 atom stereocenters. The van der Waals surface area contributed by atoms with Gasteiger partial charge in [-0.05, 0) is 35.9 Å². The molecule has 0 unspecified atom stereocenters. The summed E-state index contributed by atoms with van der Waals surface area (Å²) in [6.07, 6.45) is 2.92. The largest absolute Gasteiger partial charge is 0.493 e. The molecule has 4 nitrogen and oxygen atoms in total. The quantitative estimate of drug-likeness (QED) is 0.601. The zero-order chi connectivity index (χ0) is 16.8. The average molecular weight is 316 g/mol. The number of methoxy groups -OCH3 is 3. The van der Waals surface area contributed by atoms with Crippen molar-refractivity contribution in [3.63, 3.8) is 0 Å². The molecule has 0 aromatic heterocycles. The van der Waals surface area contributed by atoms with E-state index >= 15 is 0 Å². The van der Waals surface area contributed by atoms with Gasteiger partial charge in [0.1, 0.15) is 5.82 Å². The molecule has 0 aliphatic heterocycles. The van der Waals surface area contributed by atoms with E-state index in [0.717, 1.165) is 0 Å². The number of hydrogen-bond donors (Lipinski definition) is 0. The number of ketones is 1. The van der Waals surface area contributed by atoms with E-state index in [2.05, 4.69) is 0 Å². The second-order valence-corrected chi connectivity index (χ2v) is 4.67. The van der Waals surface area contributed by atoms with Crippen LogP contribution < -0.4 is 14.2 Å². The molecule has 0 heterocycles. The Kier molecular flexibility index (Phi) is 5.36. The van der Waals surface area contributed by atoms with Gasteiger partial charge < -0.3 is 14.2 Å². The zero-order valence-electron chi connectivity index (χ0n) is 13.1. The fourth-order valence-corrected chi connectivity index (χ4v) is 2.10. The van der Waals surface area contributed by atoms with E-state index in [0.29, 0.717) is 28.4 Å². The molecule has 0 bridgehead atoms. The first-order chi connectivity index (χ1) is 11.1. The highest BCUT2D eigenvalue weighted by molar-refractivity contribution is 6.07. The SMILES string of the molecule is COc1cc(C(=O)/C=C/c2cccc(F)c2)cc(OC)c1OC. The van der Waals surface area contributed by atoms with Gasteiger partial charge in [0.05, 0.1) is 21.3 Å². The molecule has 120 valence electrons. The summed E-state index contributed by atoms with van der Waals surface area (Å²) in [6, 6.07) is 9.12. The van der Waals surface area contributed by atoms with Gasteiger partial charge in [-0.25, -0.2) is 4.39 Å². The Bertz CT molecular complexity index is 713. The molecule has 5 heteroatoms. The van der Waals surface area contributed by atoms with Crippen LogP contribution in [0.4, 0.5) is 4.39 Å². The lowest BCUT2D eigenvalue weighted by molar-refractivity contribution is 0.104. The zero-order valence-corrected chi connectivity index (χ0v) is 13.1. The van der Waals surface area contributed by atoms with Crippen molar-refractivity contribution in [1.29, 1.82) is 0 Å². The molecular weight excluding hydrogens is 299 g/mol. The van der Waals surface area contributed by atoms with Gasteiger partial charge in [-0.3, -0.25) is 4.79 Å². The molecule has 2 aromatic rings. The molecule has 2 rings (SSSR count). The maximum absolute atomic E-state index is 13.1. The molecule has 0 amide bonds. The molecule has 0 saturated carbocycles. The Morgan fingerprint density at radius 3 is 2.17 bits per heavy atom. The normalized spacial score (nSPS) is 10.6. The minimum absolute atomic E-state index is 0.256. The third kappa shape index (κ3) is 3.88. The predicted octanol–water partition coefficient (Wildman–Crippen LogP) is 3.75. The molecule has 2 aromatic carbocycles. The van der Waals surface area contributed by atoms with E-state index in [9.17, 15) is 9.18 Å². The third-order valence-electron chi connectivity index (χ3n) is 3.23. The van der Waals surface area contributed by atoms with Gasteiger partial charge >= 0.3 is 0 Å². The second kappa shape index (κ2) is 7.45. The highest BCUT2D eigenvalue weighted by Crippen LogP contribution is 2.38. The Hall–Kier alpha value is -2.82. The summed E-state index contributed by atoms with van der Waals surface area (Å²) in [4.78, 5) is 12.3. The van der Waals surface area contributed by atoms with Crippen molar-refractivity contribution in [3.05, 3.63) is 59.4 Å². The van der Waals surface area contributed by atoms with Crippen molar-refractivity contribution < 1.29 is 23.4 Å². The van der Waals surface area contributed by atoms with Crippen LogP contribution in [0.25, 0.3) is 6.08 Å². The van der Waals surface area contributed by atoms with E-state index in [1.54, 1.807) is 30.3 Å². The van der Waals surface area contributed by atoms with E-state index in [-0.39, 0.29) is 11.6 Å². The Morgan fingerprint density at radius 1 is 1.00 bits per heavy atom. The van der Waals surface area contributed by atoms with Gasteiger partial charge in [-0.15, -0.1) is 0 Å². The Balaban J connectivity index is 2.32. The minimum atomic E-state index is -0.354. The topological polar surface area (TPSA) is 44.8 Å². The van der Waals surface area contributed by atoms with Gasteiger partial charge in [-0.1, -0.05) is 18.2 Å². The highest BCUT2D eigenvalue weighted by atomic mass is 19.1. The first-order valence-electron chi connectivity index (χ1n) is 6.87. The van der Waals surface area contributed by atoms with Crippen molar-refractivity contribution in [2.45, 2.75) is 0 Å². The summed E-state index contributed by atoms with van der Waals surface area (Å²) < 4.78 is 28.8. The summed E-state index contributed by atoms with van der Waals surface area (Å²) in [5.41, 5.74) is 0.984. The van der Waals surface area contributed by atoms with E-state index in [1.165, 1.54) is 39.5 Å². The number of rotatable bonds is 6. The van der Waals surface area contributed by atoms with Crippen LogP contribution in [0.3, 0.4) is 0 Å². The number of ether oxygens (including phenoxy) is 3. The fourth-order valence-electron chi connectivity index (χ4n) is 2.10. The lowest BCUT2D eigenvalue weighted by atomic mass is 10.1. The van der Waals surface area contributed by atoms with Crippen LogP contribution in [0.2, 0.25) is 0 Å². The molecule has 0 spiro atoms. The van der Waals surface area contributed by atoms with Gasteiger partial charge in [-0.2, -0.15) is 0 Å². The van der Waals surface area contributed by atoms with Crippen LogP contribution in [-0.4, -0.2) is 27.1 Å². The molecule has 0 saturated heterocycles. The van der Waals surface area contributed by atoms with E-state index in [1.807, 2.05) is 0 Å². The standard InChI is InChI=1S/C18H17FO4/c1-21-16-10-13(11-17(22-2)18(16)23-3)15(20)8-7-12-5-4-6-14(19)9-12/h4-11H,1-3H3/b8-7+.